The largest absolute Gasteiger partial charge is 0.422 e. The predicted molar refractivity (Wildman–Crippen MR) is 65.4 cm³/mol. The fourth-order valence-electron chi connectivity index (χ4n) is 2.11. The molecule has 2 rings (SSSR count). The van der Waals surface area contributed by atoms with E-state index >= 15 is 0 Å². The monoisotopic (exact) mass is 288 g/mol. The lowest BCUT2D eigenvalue weighted by Crippen LogP contribution is -2.58. The van der Waals surface area contributed by atoms with Crippen molar-refractivity contribution in [1.82, 2.24) is 9.91 Å². The van der Waals surface area contributed by atoms with Gasteiger partial charge in [-0.2, -0.15) is 4.91 Å². The zero-order chi connectivity index (χ0) is 14.0. The van der Waals surface area contributed by atoms with E-state index in [4.69, 9.17) is 32.4 Å². The second-order valence-electron chi connectivity index (χ2n) is 4.25. The van der Waals surface area contributed by atoms with Crippen LogP contribution in [0.5, 0.6) is 0 Å². The molecule has 0 aromatic rings. The number of hydrogen-bond donors (Lipinski definition) is 2. The summed E-state index contributed by atoms with van der Waals surface area (Å²) in [6.07, 6.45) is 0.380. The van der Waals surface area contributed by atoms with Crippen molar-refractivity contribution < 1.29 is 14.6 Å². The molecule has 0 aromatic carbocycles. The van der Waals surface area contributed by atoms with Crippen LogP contribution in [-0.4, -0.2) is 57.7 Å². The molecule has 0 radical (unpaired) electrons. The van der Waals surface area contributed by atoms with Crippen molar-refractivity contribution in [3.63, 3.8) is 0 Å². The number of ether oxygens (including phenoxy) is 1. The number of amidine groups is 1. The first-order valence-corrected chi connectivity index (χ1v) is 6.16. The van der Waals surface area contributed by atoms with Gasteiger partial charge in [0.2, 0.25) is 5.84 Å². The van der Waals surface area contributed by atoms with Gasteiger partial charge in [-0.25, -0.2) is 4.79 Å². The summed E-state index contributed by atoms with van der Waals surface area (Å²) in [4.78, 5) is 15.9. The summed E-state index contributed by atoms with van der Waals surface area (Å²) >= 11 is 5.96. The van der Waals surface area contributed by atoms with Gasteiger partial charge in [0.05, 0.1) is 19.3 Å². The van der Waals surface area contributed by atoms with Crippen LogP contribution in [0.2, 0.25) is 0 Å². The van der Waals surface area contributed by atoms with E-state index in [-0.39, 0.29) is 25.1 Å². The average Bonchev–Trinajstić information content (AvgIpc) is 2.87. The highest BCUT2D eigenvalue weighted by Crippen LogP contribution is 2.27. The quantitative estimate of drug-likeness (QED) is 0.348. The molecule has 2 aliphatic heterocycles. The number of amides is 2. The van der Waals surface area contributed by atoms with Gasteiger partial charge in [-0.3, -0.25) is 10.3 Å². The van der Waals surface area contributed by atoms with E-state index in [0.29, 0.717) is 17.9 Å². The van der Waals surface area contributed by atoms with E-state index in [1.54, 1.807) is 0 Å². The van der Waals surface area contributed by atoms with E-state index in [1.165, 1.54) is 4.90 Å². The lowest BCUT2D eigenvalue weighted by Gasteiger charge is -2.35. The molecule has 3 atom stereocenters. The number of carbonyl (C=O) groups excluding carboxylic acids is 1. The maximum atomic E-state index is 12.1. The highest BCUT2D eigenvalue weighted by molar-refractivity contribution is 6.33. The first kappa shape index (κ1) is 13.9. The van der Waals surface area contributed by atoms with Gasteiger partial charge in [-0.15, -0.1) is 22.1 Å². The number of nitrogens with one attached hydrogen (secondary N) is 1. The zero-order valence-electron chi connectivity index (χ0n) is 9.94. The Labute approximate surface area is 113 Å². The molecule has 19 heavy (non-hydrogen) atoms. The number of nitrogens with zero attached hydrogens (tertiary/aromatic N) is 5. The summed E-state index contributed by atoms with van der Waals surface area (Å²) in [5.41, 5.74) is 8.41. The molecule has 0 spiro atoms. The van der Waals surface area contributed by atoms with Gasteiger partial charge in [0.1, 0.15) is 11.6 Å². The molecule has 104 valence electrons. The van der Waals surface area contributed by atoms with E-state index in [0.717, 1.165) is 0 Å². The van der Waals surface area contributed by atoms with Crippen LogP contribution in [-0.2, 0) is 4.74 Å². The van der Waals surface area contributed by atoms with Crippen LogP contribution in [0, 0.1) is 5.41 Å². The molecule has 0 saturated carbocycles. The second kappa shape index (κ2) is 5.62. The lowest BCUT2D eigenvalue weighted by atomic mass is 10.2. The molecule has 0 bridgehead atoms. The Morgan fingerprint density at radius 2 is 2.37 bits per heavy atom. The van der Waals surface area contributed by atoms with E-state index in [9.17, 15) is 4.79 Å². The molecule has 2 heterocycles. The van der Waals surface area contributed by atoms with Crippen molar-refractivity contribution in [3.05, 3.63) is 10.4 Å². The summed E-state index contributed by atoms with van der Waals surface area (Å²) < 4.78 is 5.50. The normalized spacial score (nSPS) is 31.6. The van der Waals surface area contributed by atoms with Gasteiger partial charge >= 0.3 is 6.03 Å². The molecule has 0 aromatic heterocycles. The minimum Gasteiger partial charge on any atom is -0.394 e. The van der Waals surface area contributed by atoms with Crippen LogP contribution < -0.4 is 0 Å². The number of halogens is 1. The molecule has 10 heteroatoms. The standard InChI is InChI=1S/C9H13ClN6O3/c10-6-3-15(7-2-1-5(4-17)19-7)9(18)16(8(6)11)14-13-12/h5-7,11,17H,1-4H2/t5-,6?,7+/m0/s1. The van der Waals surface area contributed by atoms with Crippen molar-refractivity contribution in [2.75, 3.05) is 13.2 Å². The topological polar surface area (TPSA) is 126 Å². The van der Waals surface area contributed by atoms with Crippen molar-refractivity contribution in [1.29, 1.82) is 5.41 Å². The Kier molecular flexibility index (Phi) is 4.11. The summed E-state index contributed by atoms with van der Waals surface area (Å²) in [6, 6.07) is -0.636. The third kappa shape index (κ3) is 2.59. The summed E-state index contributed by atoms with van der Waals surface area (Å²) in [6.45, 7) is -0.00178. The maximum Gasteiger partial charge on any atom is 0.422 e. The minimum absolute atomic E-state index is 0.111. The van der Waals surface area contributed by atoms with Gasteiger partial charge < -0.3 is 9.84 Å². The molecule has 2 fully saturated rings. The molecule has 2 amide bonds. The van der Waals surface area contributed by atoms with Gasteiger partial charge in [0, 0.05) is 0 Å². The second-order valence-corrected chi connectivity index (χ2v) is 4.78. The van der Waals surface area contributed by atoms with Gasteiger partial charge in [-0.1, -0.05) is 0 Å². The SMILES string of the molecule is [N-]=[N+]=NN1C(=N)C(Cl)CN([C@H]2CC[C@@H](CO)O2)C1=O. The van der Waals surface area contributed by atoms with Crippen LogP contribution in [0.1, 0.15) is 12.8 Å². The molecule has 0 aliphatic carbocycles. The fourth-order valence-corrected chi connectivity index (χ4v) is 2.35. The molecule has 2 aliphatic rings. The van der Waals surface area contributed by atoms with Crippen molar-refractivity contribution in [2.24, 2.45) is 5.22 Å². The number of urea groups is 1. The average molecular weight is 289 g/mol. The van der Waals surface area contributed by atoms with Crippen LogP contribution in [0.3, 0.4) is 0 Å². The first-order valence-electron chi connectivity index (χ1n) is 5.73. The van der Waals surface area contributed by atoms with Crippen LogP contribution in [0.4, 0.5) is 4.79 Å². The van der Waals surface area contributed by atoms with Crippen LogP contribution in [0.25, 0.3) is 10.4 Å². The lowest BCUT2D eigenvalue weighted by molar-refractivity contribution is -0.0547. The van der Waals surface area contributed by atoms with Gasteiger partial charge in [-0.05, 0) is 18.1 Å². The van der Waals surface area contributed by atoms with Gasteiger partial charge in [0.25, 0.3) is 0 Å². The number of aliphatic hydroxyl groups is 1. The Balaban J connectivity index is 2.15. The zero-order valence-corrected chi connectivity index (χ0v) is 10.7. The number of carbonyl (C=O) groups is 1. The smallest absolute Gasteiger partial charge is 0.394 e. The van der Waals surface area contributed by atoms with E-state index in [1.807, 2.05) is 0 Å². The summed E-state index contributed by atoms with van der Waals surface area (Å²) in [5, 5.41) is 19.7. The number of hydrogen-bond acceptors (Lipinski definition) is 5. The Morgan fingerprint density at radius 1 is 1.63 bits per heavy atom. The molecule has 2 saturated heterocycles. The van der Waals surface area contributed by atoms with Gasteiger partial charge in [0.15, 0.2) is 0 Å². The number of azide groups is 1. The Hall–Kier alpha value is -1.54. The first-order chi connectivity index (χ1) is 9.08. The molecule has 9 nitrogen and oxygen atoms in total. The third-order valence-corrected chi connectivity index (χ3v) is 3.42. The number of aliphatic hydroxyl groups excluding tert-OH is 1. The summed E-state index contributed by atoms with van der Waals surface area (Å²) in [5.74, 6) is -0.252. The summed E-state index contributed by atoms with van der Waals surface area (Å²) in [7, 11) is 0. The molecular weight excluding hydrogens is 276 g/mol. The molecule has 1 unspecified atom stereocenters. The van der Waals surface area contributed by atoms with E-state index in [2.05, 4.69) is 10.1 Å². The Morgan fingerprint density at radius 3 is 2.95 bits per heavy atom. The highest BCUT2D eigenvalue weighted by Gasteiger charge is 2.45. The van der Waals surface area contributed by atoms with E-state index < -0.39 is 17.6 Å². The molecular formula is C9H13ClN6O3. The highest BCUT2D eigenvalue weighted by atomic mass is 35.5. The Bertz CT molecular complexity index is 440. The van der Waals surface area contributed by atoms with Crippen LogP contribution >= 0.6 is 11.6 Å². The van der Waals surface area contributed by atoms with Crippen molar-refractivity contribution in [3.8, 4) is 0 Å². The molecule has 2 N–H and O–H groups in total. The predicted octanol–water partition coefficient (Wildman–Crippen LogP) is 1.03. The van der Waals surface area contributed by atoms with Crippen molar-refractivity contribution in [2.45, 2.75) is 30.6 Å². The number of alkyl halides is 1. The van der Waals surface area contributed by atoms with Crippen LogP contribution in [0.15, 0.2) is 5.22 Å². The van der Waals surface area contributed by atoms with Crippen molar-refractivity contribution >= 4 is 23.5 Å². The number of rotatable bonds is 3. The maximum absolute atomic E-state index is 12.1. The third-order valence-electron chi connectivity index (χ3n) is 3.07. The fraction of sp³-hybridized carbons (Fsp3) is 0.778. The minimum atomic E-state index is -0.764.